The molecule has 122 valence electrons. The van der Waals surface area contributed by atoms with Gasteiger partial charge in [0.25, 0.3) is 0 Å². The number of carbonyl (C=O) groups excluding carboxylic acids is 1. The van der Waals surface area contributed by atoms with Gasteiger partial charge < -0.3 is 15.7 Å². The van der Waals surface area contributed by atoms with Crippen LogP contribution >= 0.6 is 0 Å². The van der Waals surface area contributed by atoms with Gasteiger partial charge in [0.15, 0.2) is 0 Å². The molecule has 0 aromatic heterocycles. The number of piperidine rings is 1. The number of sulfonamides is 1. The Morgan fingerprint density at radius 1 is 1.38 bits per heavy atom. The Bertz CT molecular complexity index is 460. The number of hydrogen-bond acceptors (Lipinski definition) is 5. The SMILES string of the molecule is CCCS(=O)(=O)N1CCC(NC(=O)C2CC(O)CN2)CC1. The van der Waals surface area contributed by atoms with E-state index in [1.54, 1.807) is 0 Å². The highest BCUT2D eigenvalue weighted by Crippen LogP contribution is 2.16. The molecule has 0 bridgehead atoms. The minimum Gasteiger partial charge on any atom is -0.392 e. The summed E-state index contributed by atoms with van der Waals surface area (Å²) in [4.78, 5) is 12.0. The Morgan fingerprint density at radius 2 is 2.05 bits per heavy atom. The number of β-amino-alcohol motifs (C(OH)–C–C–N with tert-alkyl or cyclic N) is 1. The van der Waals surface area contributed by atoms with E-state index in [-0.39, 0.29) is 23.7 Å². The van der Waals surface area contributed by atoms with Crippen molar-refractivity contribution in [2.75, 3.05) is 25.4 Å². The van der Waals surface area contributed by atoms with Crippen LogP contribution in [0.2, 0.25) is 0 Å². The third kappa shape index (κ3) is 4.38. The maximum atomic E-state index is 12.0. The van der Waals surface area contributed by atoms with Gasteiger partial charge in [-0.1, -0.05) is 6.92 Å². The summed E-state index contributed by atoms with van der Waals surface area (Å²) in [5.74, 6) is 0.0925. The van der Waals surface area contributed by atoms with E-state index in [4.69, 9.17) is 0 Å². The fraction of sp³-hybridized carbons (Fsp3) is 0.923. The van der Waals surface area contributed by atoms with Gasteiger partial charge in [0.2, 0.25) is 15.9 Å². The van der Waals surface area contributed by atoms with E-state index in [1.807, 2.05) is 6.92 Å². The first-order valence-electron chi connectivity index (χ1n) is 7.62. The second-order valence-electron chi connectivity index (χ2n) is 5.85. The third-order valence-corrected chi connectivity index (χ3v) is 6.16. The largest absolute Gasteiger partial charge is 0.392 e. The van der Waals surface area contributed by atoms with Crippen molar-refractivity contribution in [3.05, 3.63) is 0 Å². The van der Waals surface area contributed by atoms with Crippen LogP contribution in [0.15, 0.2) is 0 Å². The second-order valence-corrected chi connectivity index (χ2v) is 7.94. The van der Waals surface area contributed by atoms with Gasteiger partial charge in [-0.2, -0.15) is 0 Å². The van der Waals surface area contributed by atoms with Crippen LogP contribution < -0.4 is 10.6 Å². The molecular formula is C13H25N3O4S. The van der Waals surface area contributed by atoms with Gasteiger partial charge in [-0.3, -0.25) is 4.79 Å². The molecule has 0 aromatic carbocycles. The first-order valence-corrected chi connectivity index (χ1v) is 9.23. The molecule has 0 radical (unpaired) electrons. The van der Waals surface area contributed by atoms with Crippen LogP contribution in [-0.4, -0.2) is 67.3 Å². The molecule has 21 heavy (non-hydrogen) atoms. The zero-order valence-corrected chi connectivity index (χ0v) is 13.2. The van der Waals surface area contributed by atoms with Gasteiger partial charge in [0.05, 0.1) is 17.9 Å². The summed E-state index contributed by atoms with van der Waals surface area (Å²) < 4.78 is 25.4. The Balaban J connectivity index is 1.78. The van der Waals surface area contributed by atoms with Crippen molar-refractivity contribution >= 4 is 15.9 Å². The van der Waals surface area contributed by atoms with Crippen molar-refractivity contribution in [1.82, 2.24) is 14.9 Å². The molecule has 0 spiro atoms. The molecule has 0 saturated carbocycles. The maximum absolute atomic E-state index is 12.0. The van der Waals surface area contributed by atoms with Crippen molar-refractivity contribution in [1.29, 1.82) is 0 Å². The van der Waals surface area contributed by atoms with Gasteiger partial charge in [-0.05, 0) is 25.7 Å². The molecular weight excluding hydrogens is 294 g/mol. The van der Waals surface area contributed by atoms with E-state index in [1.165, 1.54) is 4.31 Å². The Hall–Kier alpha value is -0.700. The van der Waals surface area contributed by atoms with E-state index in [0.717, 1.165) is 0 Å². The van der Waals surface area contributed by atoms with Crippen LogP contribution in [0, 0.1) is 0 Å². The minimum atomic E-state index is -3.13. The summed E-state index contributed by atoms with van der Waals surface area (Å²) in [6, 6.07) is -0.313. The average molecular weight is 319 g/mol. The number of rotatable bonds is 5. The van der Waals surface area contributed by atoms with Crippen LogP contribution in [0.3, 0.4) is 0 Å². The van der Waals surface area contributed by atoms with E-state index in [2.05, 4.69) is 10.6 Å². The Kier molecular flexibility index (Phi) is 5.59. The number of nitrogens with one attached hydrogen (secondary N) is 2. The van der Waals surface area contributed by atoms with E-state index >= 15 is 0 Å². The van der Waals surface area contributed by atoms with Crippen molar-refractivity contribution < 1.29 is 18.3 Å². The topological polar surface area (TPSA) is 98.7 Å². The van der Waals surface area contributed by atoms with E-state index in [0.29, 0.717) is 45.3 Å². The van der Waals surface area contributed by atoms with E-state index < -0.39 is 16.1 Å². The maximum Gasteiger partial charge on any atom is 0.237 e. The van der Waals surface area contributed by atoms with Crippen LogP contribution in [0.4, 0.5) is 0 Å². The predicted molar refractivity (Wildman–Crippen MR) is 79.2 cm³/mol. The van der Waals surface area contributed by atoms with Gasteiger partial charge in [-0.15, -0.1) is 0 Å². The van der Waals surface area contributed by atoms with Crippen molar-refractivity contribution in [3.8, 4) is 0 Å². The Morgan fingerprint density at radius 3 is 2.57 bits per heavy atom. The standard InChI is InChI=1S/C13H25N3O4S/c1-2-7-21(19,20)16-5-3-10(4-6-16)15-13(18)12-8-11(17)9-14-12/h10-12,14,17H,2-9H2,1H3,(H,15,18). The lowest BCUT2D eigenvalue weighted by Gasteiger charge is -2.32. The lowest BCUT2D eigenvalue weighted by Crippen LogP contribution is -2.50. The fourth-order valence-corrected chi connectivity index (χ4v) is 4.43. The molecule has 3 N–H and O–H groups in total. The smallest absolute Gasteiger partial charge is 0.237 e. The number of aliphatic hydroxyl groups excluding tert-OH is 1. The highest BCUT2D eigenvalue weighted by Gasteiger charge is 2.32. The quantitative estimate of drug-likeness (QED) is 0.605. The molecule has 7 nitrogen and oxygen atoms in total. The first-order chi connectivity index (χ1) is 9.92. The average Bonchev–Trinajstić information content (AvgIpc) is 2.86. The van der Waals surface area contributed by atoms with Crippen LogP contribution in [0.25, 0.3) is 0 Å². The highest BCUT2D eigenvalue weighted by molar-refractivity contribution is 7.89. The highest BCUT2D eigenvalue weighted by atomic mass is 32.2. The molecule has 2 rings (SSSR count). The van der Waals surface area contributed by atoms with Crippen LogP contribution in [-0.2, 0) is 14.8 Å². The molecule has 0 aliphatic carbocycles. The lowest BCUT2D eigenvalue weighted by molar-refractivity contribution is -0.123. The fourth-order valence-electron chi connectivity index (χ4n) is 2.88. The lowest BCUT2D eigenvalue weighted by atomic mass is 10.1. The summed E-state index contributed by atoms with van der Waals surface area (Å²) in [5, 5.41) is 15.3. The summed E-state index contributed by atoms with van der Waals surface area (Å²) in [6.45, 7) is 3.24. The van der Waals surface area contributed by atoms with Crippen molar-refractivity contribution in [2.45, 2.75) is 50.8 Å². The molecule has 2 heterocycles. The van der Waals surface area contributed by atoms with Gasteiger partial charge in [0.1, 0.15) is 0 Å². The molecule has 2 aliphatic heterocycles. The zero-order valence-electron chi connectivity index (χ0n) is 12.4. The summed E-state index contributed by atoms with van der Waals surface area (Å²) in [7, 11) is -3.13. The minimum absolute atomic E-state index is 0.0186. The number of aliphatic hydroxyl groups is 1. The molecule has 1 amide bonds. The monoisotopic (exact) mass is 319 g/mol. The van der Waals surface area contributed by atoms with E-state index in [9.17, 15) is 18.3 Å². The second kappa shape index (κ2) is 7.04. The number of amides is 1. The van der Waals surface area contributed by atoms with Gasteiger partial charge >= 0.3 is 0 Å². The molecule has 2 fully saturated rings. The molecule has 0 aromatic rings. The van der Waals surface area contributed by atoms with Gasteiger partial charge in [-0.25, -0.2) is 12.7 Å². The summed E-state index contributed by atoms with van der Waals surface area (Å²) in [6.07, 6.45) is 1.89. The molecule has 2 aliphatic rings. The molecule has 2 unspecified atom stereocenters. The molecule has 8 heteroatoms. The predicted octanol–water partition coefficient (Wildman–Crippen LogP) is -0.970. The molecule has 2 atom stereocenters. The third-order valence-electron chi connectivity index (χ3n) is 4.08. The van der Waals surface area contributed by atoms with Gasteiger partial charge in [0, 0.05) is 25.7 Å². The van der Waals surface area contributed by atoms with Crippen LogP contribution in [0.5, 0.6) is 0 Å². The first kappa shape index (κ1) is 16.7. The Labute approximate surface area is 126 Å². The summed E-state index contributed by atoms with van der Waals surface area (Å²) >= 11 is 0. The summed E-state index contributed by atoms with van der Waals surface area (Å²) in [5.41, 5.74) is 0. The van der Waals surface area contributed by atoms with Crippen LogP contribution in [0.1, 0.15) is 32.6 Å². The number of carbonyl (C=O) groups is 1. The molecule has 2 saturated heterocycles. The normalized spacial score (nSPS) is 28.7. The van der Waals surface area contributed by atoms with Crippen molar-refractivity contribution in [3.63, 3.8) is 0 Å². The zero-order chi connectivity index (χ0) is 15.5. The number of hydrogen-bond donors (Lipinski definition) is 3. The number of nitrogens with zero attached hydrogens (tertiary/aromatic N) is 1. The van der Waals surface area contributed by atoms with Crippen molar-refractivity contribution in [2.24, 2.45) is 0 Å².